The molecule has 0 aliphatic rings. The number of aromatic nitrogens is 6. The van der Waals surface area contributed by atoms with Crippen LogP contribution < -0.4 is 0 Å². The van der Waals surface area contributed by atoms with Gasteiger partial charge in [0, 0.05) is 11.6 Å². The van der Waals surface area contributed by atoms with Gasteiger partial charge in [0.05, 0.1) is 12.4 Å². The van der Waals surface area contributed by atoms with Gasteiger partial charge in [-0.25, -0.2) is 14.3 Å². The molecule has 0 unspecified atom stereocenters. The van der Waals surface area contributed by atoms with Gasteiger partial charge in [-0.2, -0.15) is 10.1 Å². The minimum Gasteiger partial charge on any atom is -0.281 e. The molecule has 4 rings (SSSR count). The Kier molecular flexibility index (Phi) is 5.14. The highest BCUT2D eigenvalue weighted by atomic mass is 32.1. The molecule has 2 aromatic carbocycles. The molecule has 0 amide bonds. The molecule has 0 saturated carbocycles. The van der Waals surface area contributed by atoms with Crippen molar-refractivity contribution in [2.45, 2.75) is 19.6 Å². The Balaban J connectivity index is 1.48. The van der Waals surface area contributed by atoms with Gasteiger partial charge in [0.1, 0.15) is 12.7 Å². The smallest absolute Gasteiger partial charge is 0.217 e. The molecule has 0 fully saturated rings. The number of benzene rings is 2. The molecule has 2 heterocycles. The zero-order valence-electron chi connectivity index (χ0n) is 15.7. The zero-order chi connectivity index (χ0) is 19.5. The molecule has 7 nitrogen and oxygen atoms in total. The van der Waals surface area contributed by atoms with Gasteiger partial charge in [0.15, 0.2) is 5.82 Å². The second-order valence-electron chi connectivity index (χ2n) is 6.65. The Morgan fingerprint density at radius 2 is 1.86 bits per heavy atom. The van der Waals surface area contributed by atoms with Gasteiger partial charge in [-0.05, 0) is 43.9 Å². The van der Waals surface area contributed by atoms with Crippen LogP contribution in [-0.4, -0.2) is 41.5 Å². The lowest BCUT2D eigenvalue weighted by atomic mass is 10.1. The predicted octanol–water partition coefficient (Wildman–Crippen LogP) is 3.84. The summed E-state index contributed by atoms with van der Waals surface area (Å²) in [6, 6.07) is 18.5. The van der Waals surface area contributed by atoms with Crippen LogP contribution in [0.1, 0.15) is 18.5 Å². The van der Waals surface area contributed by atoms with E-state index in [0.29, 0.717) is 11.4 Å². The van der Waals surface area contributed by atoms with Crippen LogP contribution in [0.3, 0.4) is 0 Å². The van der Waals surface area contributed by atoms with E-state index < -0.39 is 0 Å². The number of H-pyrrole nitrogens is 1. The molecule has 4 aromatic rings. The number of nitrogens with zero attached hydrogens (tertiary/aromatic N) is 6. The molecule has 28 heavy (non-hydrogen) atoms. The highest BCUT2D eigenvalue weighted by molar-refractivity contribution is 7.71. The molecule has 8 heteroatoms. The average Bonchev–Trinajstić information content (AvgIpc) is 3.39. The van der Waals surface area contributed by atoms with Crippen molar-refractivity contribution in [2.24, 2.45) is 0 Å². The Bertz CT molecular complexity index is 1080. The molecule has 0 saturated heterocycles. The van der Waals surface area contributed by atoms with Crippen molar-refractivity contribution in [1.29, 1.82) is 0 Å². The van der Waals surface area contributed by atoms with E-state index in [-0.39, 0.29) is 6.04 Å². The van der Waals surface area contributed by atoms with Gasteiger partial charge < -0.3 is 0 Å². The third kappa shape index (κ3) is 3.78. The van der Waals surface area contributed by atoms with Crippen molar-refractivity contribution in [3.63, 3.8) is 0 Å². The van der Waals surface area contributed by atoms with Crippen molar-refractivity contribution < 1.29 is 0 Å². The van der Waals surface area contributed by atoms with Gasteiger partial charge in [0.25, 0.3) is 0 Å². The summed E-state index contributed by atoms with van der Waals surface area (Å²) in [5, 5.41) is 7.46. The summed E-state index contributed by atoms with van der Waals surface area (Å²) in [6.45, 7) is 2.78. The molecular weight excluding hydrogens is 370 g/mol. The van der Waals surface area contributed by atoms with Crippen LogP contribution >= 0.6 is 12.2 Å². The Morgan fingerprint density at radius 3 is 2.54 bits per heavy atom. The van der Waals surface area contributed by atoms with Crippen molar-refractivity contribution >= 4 is 12.2 Å². The summed E-state index contributed by atoms with van der Waals surface area (Å²) in [4.78, 5) is 10.7. The van der Waals surface area contributed by atoms with Crippen LogP contribution in [0.5, 0.6) is 0 Å². The molecule has 0 bridgehead atoms. The van der Waals surface area contributed by atoms with Crippen molar-refractivity contribution in [3.8, 4) is 17.1 Å². The summed E-state index contributed by atoms with van der Waals surface area (Å²) < 4.78 is 4.17. The Labute approximate surface area is 168 Å². The molecule has 142 valence electrons. The first-order valence-corrected chi connectivity index (χ1v) is 9.40. The summed E-state index contributed by atoms with van der Waals surface area (Å²) >= 11 is 5.44. The molecule has 1 N–H and O–H groups in total. The highest BCUT2D eigenvalue weighted by Crippen LogP contribution is 2.21. The topological polar surface area (TPSA) is 67.6 Å². The van der Waals surface area contributed by atoms with Crippen molar-refractivity contribution in [1.82, 2.24) is 34.4 Å². The molecule has 0 aliphatic heterocycles. The first kappa shape index (κ1) is 18.3. The summed E-state index contributed by atoms with van der Waals surface area (Å²) in [5.41, 5.74) is 3.21. The third-order valence-electron chi connectivity index (χ3n) is 4.81. The Morgan fingerprint density at radius 1 is 1.11 bits per heavy atom. The van der Waals surface area contributed by atoms with Gasteiger partial charge in [-0.15, -0.1) is 0 Å². The lowest BCUT2D eigenvalue weighted by molar-refractivity contribution is 0.195. The minimum absolute atomic E-state index is 0.204. The summed E-state index contributed by atoms with van der Waals surface area (Å²) in [7, 11) is 2.07. The van der Waals surface area contributed by atoms with E-state index in [4.69, 9.17) is 12.2 Å². The van der Waals surface area contributed by atoms with Gasteiger partial charge in [0.2, 0.25) is 4.77 Å². The number of hydrogen-bond donors (Lipinski definition) is 1. The number of nitrogens with one attached hydrogen (secondary N) is 1. The summed E-state index contributed by atoms with van der Waals surface area (Å²) in [5.74, 6) is 0.781. The standard InChI is InChI=1S/C20H21N7S/c1-15(16-8-10-18(11-9-16)26-13-21-12-22-26)25(2)14-27-20(28)23-19(24-27)17-6-4-3-5-7-17/h3-13,15H,14H2,1-2H3,(H,23,24,28)/t15-/m0/s1. The first-order chi connectivity index (χ1) is 13.6. The minimum atomic E-state index is 0.204. The van der Waals surface area contributed by atoms with E-state index in [2.05, 4.69) is 51.2 Å². The van der Waals surface area contributed by atoms with Crippen LogP contribution in [0.4, 0.5) is 0 Å². The maximum Gasteiger partial charge on any atom is 0.217 e. The fraction of sp³-hybridized carbons (Fsp3) is 0.200. The number of aromatic amines is 1. The largest absolute Gasteiger partial charge is 0.281 e. The van der Waals surface area contributed by atoms with E-state index >= 15 is 0 Å². The average molecular weight is 392 g/mol. The second kappa shape index (κ2) is 7.87. The van der Waals surface area contributed by atoms with E-state index in [0.717, 1.165) is 17.1 Å². The van der Waals surface area contributed by atoms with Crippen LogP contribution in [0, 0.1) is 4.77 Å². The molecule has 0 spiro atoms. The lowest BCUT2D eigenvalue weighted by Gasteiger charge is -2.25. The molecule has 0 radical (unpaired) electrons. The molecule has 0 aliphatic carbocycles. The van der Waals surface area contributed by atoms with Crippen LogP contribution in [0.25, 0.3) is 17.1 Å². The molecule has 1 atom stereocenters. The fourth-order valence-corrected chi connectivity index (χ4v) is 3.22. The molecule has 2 aromatic heterocycles. The maximum absolute atomic E-state index is 5.44. The fourth-order valence-electron chi connectivity index (χ4n) is 3.02. The van der Waals surface area contributed by atoms with Crippen LogP contribution in [0.2, 0.25) is 0 Å². The third-order valence-corrected chi connectivity index (χ3v) is 5.12. The van der Waals surface area contributed by atoms with Gasteiger partial charge in [-0.1, -0.05) is 42.5 Å². The van der Waals surface area contributed by atoms with E-state index in [9.17, 15) is 0 Å². The van der Waals surface area contributed by atoms with Crippen molar-refractivity contribution in [3.05, 3.63) is 77.6 Å². The van der Waals surface area contributed by atoms with E-state index in [1.54, 1.807) is 11.0 Å². The second-order valence-corrected chi connectivity index (χ2v) is 7.02. The quantitative estimate of drug-likeness (QED) is 0.506. The first-order valence-electron chi connectivity index (χ1n) is 8.99. The lowest BCUT2D eigenvalue weighted by Crippen LogP contribution is -2.26. The normalized spacial score (nSPS) is 12.4. The summed E-state index contributed by atoms with van der Waals surface area (Å²) in [6.07, 6.45) is 3.22. The van der Waals surface area contributed by atoms with Gasteiger partial charge >= 0.3 is 0 Å². The predicted molar refractivity (Wildman–Crippen MR) is 110 cm³/mol. The van der Waals surface area contributed by atoms with E-state index in [1.165, 1.54) is 11.9 Å². The van der Waals surface area contributed by atoms with Crippen molar-refractivity contribution in [2.75, 3.05) is 7.05 Å². The van der Waals surface area contributed by atoms with E-state index in [1.807, 2.05) is 47.1 Å². The monoisotopic (exact) mass is 391 g/mol. The number of hydrogen-bond acceptors (Lipinski definition) is 5. The molecular formula is C20H21N7S. The number of rotatable bonds is 6. The van der Waals surface area contributed by atoms with Crippen LogP contribution in [-0.2, 0) is 6.67 Å². The van der Waals surface area contributed by atoms with Crippen LogP contribution in [0.15, 0.2) is 67.3 Å². The van der Waals surface area contributed by atoms with Gasteiger partial charge in [-0.3, -0.25) is 10.00 Å². The highest BCUT2D eigenvalue weighted by Gasteiger charge is 2.14. The SMILES string of the molecule is C[C@@H](c1ccc(-n2cncn2)cc1)N(C)Cn1[nH]c(-c2ccccc2)nc1=S. The maximum atomic E-state index is 5.44. The Hall–Kier alpha value is -3.10. The zero-order valence-corrected chi connectivity index (χ0v) is 16.5.